The van der Waals surface area contributed by atoms with Gasteiger partial charge in [0, 0.05) is 32.6 Å². The second-order valence-electron chi connectivity index (χ2n) is 10.5. The number of esters is 1. The highest BCUT2D eigenvalue weighted by molar-refractivity contribution is 6.06. The lowest BCUT2D eigenvalue weighted by atomic mass is 9.85. The fourth-order valence-electron chi connectivity index (χ4n) is 5.97. The second-order valence-corrected chi connectivity index (χ2v) is 10.5. The van der Waals surface area contributed by atoms with Gasteiger partial charge in [-0.2, -0.15) is 0 Å². The number of amides is 5. The van der Waals surface area contributed by atoms with Crippen LogP contribution in [0.1, 0.15) is 32.6 Å². The Balaban J connectivity index is 1.17. The number of ether oxygens (including phenoxy) is 3. The van der Waals surface area contributed by atoms with Crippen molar-refractivity contribution in [2.75, 3.05) is 33.3 Å². The summed E-state index contributed by atoms with van der Waals surface area (Å²) in [6.07, 6.45) is 5.87. The van der Waals surface area contributed by atoms with Gasteiger partial charge < -0.3 is 19.1 Å². The van der Waals surface area contributed by atoms with E-state index in [0.717, 1.165) is 0 Å². The molecular weight excluding hydrogens is 510 g/mol. The summed E-state index contributed by atoms with van der Waals surface area (Å²) in [4.78, 5) is 80.0. The highest BCUT2D eigenvalue weighted by atomic mass is 16.5. The van der Waals surface area contributed by atoms with E-state index in [0.29, 0.717) is 12.8 Å². The molecule has 3 fully saturated rings. The van der Waals surface area contributed by atoms with Crippen LogP contribution in [0.3, 0.4) is 0 Å². The molecule has 4 bridgehead atoms. The molecule has 210 valence electrons. The summed E-state index contributed by atoms with van der Waals surface area (Å²) in [5, 5.41) is 0. The number of imide groups is 2. The lowest BCUT2D eigenvalue weighted by Gasteiger charge is -2.27. The van der Waals surface area contributed by atoms with Crippen LogP contribution < -0.4 is 0 Å². The van der Waals surface area contributed by atoms with Crippen molar-refractivity contribution in [1.82, 2.24) is 14.7 Å². The summed E-state index contributed by atoms with van der Waals surface area (Å²) >= 11 is 0. The number of carbonyl (C=O) groups is 6. The third-order valence-corrected chi connectivity index (χ3v) is 8.22. The third kappa shape index (κ3) is 5.03. The number of fused-ring (bicyclic) bond motifs is 7. The zero-order valence-corrected chi connectivity index (χ0v) is 22.0. The molecule has 0 aliphatic carbocycles. The standard InChI is InChI=1S/C27H33N3O9/c1-15-16-5-8-19(38-16)25(34)29(24(15)33)12-4-3-11-28(20(31)9-10-21(32)37-2)13-14-30-26(35)22-17-6-7-18(39-17)23(22)27(30)36/h5-8,15-19,22-23H,3-4,9-14H2,1-2H3. The maximum Gasteiger partial charge on any atom is 0.306 e. The molecule has 7 unspecified atom stereocenters. The normalized spacial score (nSPS) is 32.3. The van der Waals surface area contributed by atoms with Gasteiger partial charge in [-0.1, -0.05) is 25.2 Å². The maximum absolute atomic E-state index is 13.0. The molecule has 5 heterocycles. The first-order chi connectivity index (χ1) is 18.7. The van der Waals surface area contributed by atoms with Crippen molar-refractivity contribution in [1.29, 1.82) is 0 Å². The van der Waals surface area contributed by atoms with E-state index < -0.39 is 41.8 Å². The number of nitrogens with zero attached hydrogens (tertiary/aromatic N) is 3. The molecule has 5 rings (SSSR count). The lowest BCUT2D eigenvalue weighted by Crippen LogP contribution is -2.44. The van der Waals surface area contributed by atoms with E-state index in [9.17, 15) is 28.8 Å². The van der Waals surface area contributed by atoms with Gasteiger partial charge in [0.05, 0.1) is 49.6 Å². The van der Waals surface area contributed by atoms with Crippen LogP contribution in [0, 0.1) is 17.8 Å². The molecule has 5 aliphatic heterocycles. The molecule has 39 heavy (non-hydrogen) atoms. The van der Waals surface area contributed by atoms with Gasteiger partial charge in [-0.15, -0.1) is 0 Å². The van der Waals surface area contributed by atoms with Gasteiger partial charge in [-0.05, 0) is 18.9 Å². The van der Waals surface area contributed by atoms with E-state index in [1.54, 1.807) is 19.1 Å². The minimum absolute atomic E-state index is 0.0431. The van der Waals surface area contributed by atoms with Crippen LogP contribution in [-0.4, -0.2) is 108 Å². The molecule has 5 aliphatic rings. The molecule has 0 aromatic heterocycles. The molecule has 0 saturated carbocycles. The van der Waals surface area contributed by atoms with Crippen molar-refractivity contribution in [3.63, 3.8) is 0 Å². The van der Waals surface area contributed by atoms with Crippen LogP contribution in [0.2, 0.25) is 0 Å². The Hall–Kier alpha value is -3.38. The van der Waals surface area contributed by atoms with Gasteiger partial charge >= 0.3 is 5.97 Å². The fraction of sp³-hybridized carbons (Fsp3) is 0.630. The Morgan fingerprint density at radius 1 is 0.795 bits per heavy atom. The summed E-state index contributed by atoms with van der Waals surface area (Å²) in [5.41, 5.74) is 0. The number of hydrogen-bond acceptors (Lipinski definition) is 9. The van der Waals surface area contributed by atoms with Gasteiger partial charge in [0.1, 0.15) is 0 Å². The van der Waals surface area contributed by atoms with E-state index in [-0.39, 0.29) is 74.9 Å². The Kier molecular flexibility index (Phi) is 7.68. The maximum atomic E-state index is 13.0. The Morgan fingerprint density at radius 2 is 1.44 bits per heavy atom. The van der Waals surface area contributed by atoms with E-state index in [1.165, 1.54) is 21.8 Å². The predicted octanol–water partition coefficient (Wildman–Crippen LogP) is -0.185. The molecule has 0 N–H and O–H groups in total. The second kappa shape index (κ2) is 11.0. The van der Waals surface area contributed by atoms with Gasteiger partial charge in [0.15, 0.2) is 6.10 Å². The van der Waals surface area contributed by atoms with E-state index in [2.05, 4.69) is 4.74 Å². The van der Waals surface area contributed by atoms with Crippen LogP contribution in [0.5, 0.6) is 0 Å². The van der Waals surface area contributed by atoms with E-state index in [1.807, 2.05) is 12.2 Å². The highest BCUT2D eigenvalue weighted by Gasteiger charge is 2.60. The largest absolute Gasteiger partial charge is 0.469 e. The van der Waals surface area contributed by atoms with Gasteiger partial charge in [-0.3, -0.25) is 38.6 Å². The van der Waals surface area contributed by atoms with Crippen molar-refractivity contribution < 1.29 is 43.0 Å². The molecule has 0 spiro atoms. The number of unbranched alkanes of at least 4 members (excludes halogenated alkanes) is 1. The Morgan fingerprint density at radius 3 is 2.10 bits per heavy atom. The minimum Gasteiger partial charge on any atom is -0.469 e. The van der Waals surface area contributed by atoms with Crippen molar-refractivity contribution >= 4 is 35.5 Å². The SMILES string of the molecule is COC(=O)CCC(=O)N(CCCCN1C(=O)C2C=CC(O2)C(C)C1=O)CCN1C(=O)C2C3C=CC(O3)C2C1=O. The fourth-order valence-corrected chi connectivity index (χ4v) is 5.97. The van der Waals surface area contributed by atoms with Crippen LogP contribution in [0.4, 0.5) is 0 Å². The van der Waals surface area contributed by atoms with Crippen molar-refractivity contribution in [3.8, 4) is 0 Å². The summed E-state index contributed by atoms with van der Waals surface area (Å²) in [6.45, 7) is 2.35. The predicted molar refractivity (Wildman–Crippen MR) is 132 cm³/mol. The van der Waals surface area contributed by atoms with Gasteiger partial charge in [-0.25, -0.2) is 0 Å². The average molecular weight is 544 g/mol. The molecule has 0 radical (unpaired) electrons. The van der Waals surface area contributed by atoms with E-state index in [4.69, 9.17) is 9.47 Å². The molecule has 12 heteroatoms. The number of carbonyl (C=O) groups excluding carboxylic acids is 6. The zero-order valence-electron chi connectivity index (χ0n) is 22.0. The average Bonchev–Trinajstić information content (AvgIpc) is 3.72. The highest BCUT2D eigenvalue weighted by Crippen LogP contribution is 2.45. The number of rotatable bonds is 11. The van der Waals surface area contributed by atoms with Gasteiger partial charge in [0.2, 0.25) is 23.6 Å². The molecule has 0 aromatic carbocycles. The number of methoxy groups -OCH3 is 1. The molecule has 5 amide bonds. The minimum atomic E-state index is -0.758. The Bertz CT molecular complexity index is 1100. The van der Waals surface area contributed by atoms with Crippen molar-refractivity contribution in [3.05, 3.63) is 24.3 Å². The number of likely N-dealkylation sites (tertiary alicyclic amines) is 1. The quantitative estimate of drug-likeness (QED) is 0.150. The topological polar surface area (TPSA) is 140 Å². The number of hydrogen-bond donors (Lipinski definition) is 0. The van der Waals surface area contributed by atoms with Crippen LogP contribution in [0.25, 0.3) is 0 Å². The zero-order chi connectivity index (χ0) is 27.8. The van der Waals surface area contributed by atoms with E-state index >= 15 is 0 Å². The first-order valence-corrected chi connectivity index (χ1v) is 13.4. The van der Waals surface area contributed by atoms with Crippen molar-refractivity contribution in [2.24, 2.45) is 17.8 Å². The van der Waals surface area contributed by atoms with Crippen LogP contribution in [-0.2, 0) is 43.0 Å². The third-order valence-electron chi connectivity index (χ3n) is 8.22. The summed E-state index contributed by atoms with van der Waals surface area (Å²) in [7, 11) is 1.25. The van der Waals surface area contributed by atoms with Gasteiger partial charge in [0.25, 0.3) is 5.91 Å². The van der Waals surface area contributed by atoms with Crippen molar-refractivity contribution in [2.45, 2.75) is 57.0 Å². The summed E-state index contributed by atoms with van der Waals surface area (Å²) < 4.78 is 15.9. The first-order valence-electron chi connectivity index (χ1n) is 13.4. The summed E-state index contributed by atoms with van der Waals surface area (Å²) in [6, 6.07) is 0. The molecular formula is C27H33N3O9. The van der Waals surface area contributed by atoms with Crippen LogP contribution >= 0.6 is 0 Å². The molecule has 7 atom stereocenters. The molecule has 12 nitrogen and oxygen atoms in total. The summed E-state index contributed by atoms with van der Waals surface area (Å²) in [5.74, 6) is -3.58. The Labute approximate surface area is 225 Å². The molecule has 0 aromatic rings. The first kappa shape index (κ1) is 27.2. The van der Waals surface area contributed by atoms with Crippen LogP contribution in [0.15, 0.2) is 24.3 Å². The monoisotopic (exact) mass is 543 g/mol. The molecule has 3 saturated heterocycles. The smallest absolute Gasteiger partial charge is 0.306 e. The lowest BCUT2D eigenvalue weighted by molar-refractivity contribution is -0.147.